The van der Waals surface area contributed by atoms with E-state index in [1.165, 1.54) is 7.11 Å². The molecule has 0 aliphatic carbocycles. The molecule has 2 nitrogen and oxygen atoms in total. The topological polar surface area (TPSA) is 26.3 Å². The van der Waals surface area contributed by atoms with Crippen molar-refractivity contribution in [2.75, 3.05) is 7.11 Å². The first-order chi connectivity index (χ1) is 10.8. The summed E-state index contributed by atoms with van der Waals surface area (Å²) in [7, 11) is 1.31. The van der Waals surface area contributed by atoms with Crippen LogP contribution in [0, 0.1) is 0 Å². The Morgan fingerprint density at radius 3 is 0.727 bits per heavy atom. The highest BCUT2D eigenvalue weighted by Gasteiger charge is 1.81. The second-order valence-electron chi connectivity index (χ2n) is 0.727. The summed E-state index contributed by atoms with van der Waals surface area (Å²) in [5, 5.41) is 0. The van der Waals surface area contributed by atoms with Crippen molar-refractivity contribution in [3.8, 4) is 0 Å². The van der Waals surface area contributed by atoms with Gasteiger partial charge in [0.15, 0.2) is 0 Å². The van der Waals surface area contributed by atoms with Gasteiger partial charge in [0.05, 0.1) is 7.11 Å². The third-order valence-corrected chi connectivity index (χ3v) is 0.368. The maximum absolute atomic E-state index is 9.84. The molecule has 22 heavy (non-hydrogen) atoms. The van der Waals surface area contributed by atoms with Gasteiger partial charge in [-0.05, 0) is 0 Å². The van der Waals surface area contributed by atoms with Gasteiger partial charge in [0.1, 0.15) is 0 Å². The number of rotatable bonds is 1. The molecule has 0 rings (SSSR count). The smallest absolute Gasteiger partial charge is 0.329 e. The molecule has 0 aliphatic rings. The molecule has 0 fully saturated rings. The van der Waals surface area contributed by atoms with Crippen molar-refractivity contribution in [3.05, 3.63) is 12.7 Å². The summed E-state index contributed by atoms with van der Waals surface area (Å²) < 4.78 is 4.14. The van der Waals surface area contributed by atoms with Crippen molar-refractivity contribution < 1.29 is 9.53 Å². The van der Waals surface area contributed by atoms with Gasteiger partial charge in [0.2, 0.25) is 0 Å². The molecule has 0 saturated carbocycles. The Morgan fingerprint density at radius 1 is 0.591 bits per heavy atom. The van der Waals surface area contributed by atoms with E-state index in [9.17, 15) is 4.79 Å². The predicted octanol–water partition coefficient (Wildman–Crippen LogP) is 8.56. The molecule has 0 aromatic heterocycles. The largest absolute Gasteiger partial charge is 0.466 e. The lowest BCUT2D eigenvalue weighted by molar-refractivity contribution is -0.134. The Balaban J connectivity index is -0.0000000132. The molecular weight excluding hydrogens is 272 g/mol. The summed E-state index contributed by atoms with van der Waals surface area (Å²) in [6.45, 7) is 35.2. The van der Waals surface area contributed by atoms with Gasteiger partial charge < -0.3 is 4.74 Å². The molecule has 0 heterocycles. The Labute approximate surface area is 146 Å². The van der Waals surface area contributed by atoms with E-state index in [4.69, 9.17) is 0 Å². The van der Waals surface area contributed by atoms with Crippen LogP contribution in [0.5, 0.6) is 0 Å². The standard InChI is InChI=1S/C4H6O2.8C2H6/c1-3-4(5)6-2;8*1-2/h3H,1H2,2H3;8*1-2H3. The number of methoxy groups -OCH3 is 1. The van der Waals surface area contributed by atoms with Crippen LogP contribution >= 0.6 is 0 Å². The van der Waals surface area contributed by atoms with Crippen LogP contribution < -0.4 is 0 Å². The molecule has 0 aromatic carbocycles. The van der Waals surface area contributed by atoms with Crippen molar-refractivity contribution in [1.29, 1.82) is 0 Å². The lowest BCUT2D eigenvalue weighted by Gasteiger charge is -1.83. The number of hydrogen-bond donors (Lipinski definition) is 0. The molecule has 0 amide bonds. The van der Waals surface area contributed by atoms with Gasteiger partial charge in [-0.1, -0.05) is 117 Å². The van der Waals surface area contributed by atoms with Gasteiger partial charge in [0.25, 0.3) is 0 Å². The van der Waals surface area contributed by atoms with E-state index in [1.807, 2.05) is 111 Å². The molecule has 0 spiro atoms. The van der Waals surface area contributed by atoms with Gasteiger partial charge in [-0.25, -0.2) is 4.79 Å². The van der Waals surface area contributed by atoms with E-state index in [0.717, 1.165) is 6.08 Å². The van der Waals surface area contributed by atoms with Gasteiger partial charge in [0, 0.05) is 6.08 Å². The van der Waals surface area contributed by atoms with Crippen LogP contribution in [0.3, 0.4) is 0 Å². The van der Waals surface area contributed by atoms with Crippen molar-refractivity contribution in [2.45, 2.75) is 111 Å². The fourth-order valence-electron chi connectivity index (χ4n) is 0.0833. The second-order valence-corrected chi connectivity index (χ2v) is 0.727. The first kappa shape index (κ1) is 58.1. The average Bonchev–Trinajstić information content (AvgIpc) is 2.73. The van der Waals surface area contributed by atoms with E-state index in [-0.39, 0.29) is 0 Å². The van der Waals surface area contributed by atoms with Gasteiger partial charge in [-0.3, -0.25) is 0 Å². The molecule has 0 aromatic rings. The lowest BCUT2D eigenvalue weighted by atomic mass is 10.7. The fraction of sp³-hybridized carbons (Fsp3) is 0.850. The van der Waals surface area contributed by atoms with Gasteiger partial charge >= 0.3 is 5.97 Å². The summed E-state index contributed by atoms with van der Waals surface area (Å²) in [5.74, 6) is -0.394. The number of ether oxygens (including phenoxy) is 1. The van der Waals surface area contributed by atoms with Crippen LogP contribution in [0.2, 0.25) is 0 Å². The fourth-order valence-corrected chi connectivity index (χ4v) is 0.0833. The van der Waals surface area contributed by atoms with E-state index in [2.05, 4.69) is 11.3 Å². The van der Waals surface area contributed by atoms with Crippen LogP contribution in [0.4, 0.5) is 0 Å². The molecule has 0 saturated heterocycles. The molecule has 2 heteroatoms. The normalized spacial score (nSPS) is 4.05. The first-order valence-electron chi connectivity index (χ1n) is 9.51. The van der Waals surface area contributed by atoms with Crippen LogP contribution in [0.15, 0.2) is 12.7 Å². The van der Waals surface area contributed by atoms with E-state index in [1.54, 1.807) is 0 Å². The molecule has 0 atom stereocenters. The summed E-state index contributed by atoms with van der Waals surface area (Å²) in [6, 6.07) is 0. The maximum Gasteiger partial charge on any atom is 0.329 e. The van der Waals surface area contributed by atoms with Crippen LogP contribution in [0.1, 0.15) is 111 Å². The molecule has 0 aliphatic heterocycles. The van der Waals surface area contributed by atoms with Crippen molar-refractivity contribution in [2.24, 2.45) is 0 Å². The molecule has 0 bridgehead atoms. The third kappa shape index (κ3) is 618. The van der Waals surface area contributed by atoms with Crippen LogP contribution in [-0.4, -0.2) is 13.1 Å². The third-order valence-electron chi connectivity index (χ3n) is 0.368. The van der Waals surface area contributed by atoms with Crippen molar-refractivity contribution in [3.63, 3.8) is 0 Å². The number of esters is 1. The molecule has 0 unspecified atom stereocenters. The quantitative estimate of drug-likeness (QED) is 0.356. The molecular formula is C20H54O2. The van der Waals surface area contributed by atoms with Gasteiger partial charge in [-0.2, -0.15) is 0 Å². The van der Waals surface area contributed by atoms with E-state index < -0.39 is 5.97 Å². The van der Waals surface area contributed by atoms with Gasteiger partial charge in [-0.15, -0.1) is 0 Å². The van der Waals surface area contributed by atoms with Crippen molar-refractivity contribution >= 4 is 5.97 Å². The Morgan fingerprint density at radius 2 is 0.727 bits per heavy atom. The lowest BCUT2D eigenvalue weighted by Crippen LogP contribution is -1.91. The molecule has 146 valence electrons. The minimum absolute atomic E-state index is 0.394. The molecule has 0 radical (unpaired) electrons. The van der Waals surface area contributed by atoms with E-state index in [0.29, 0.717) is 0 Å². The van der Waals surface area contributed by atoms with Crippen LogP contribution in [0.25, 0.3) is 0 Å². The summed E-state index contributed by atoms with van der Waals surface area (Å²) in [4.78, 5) is 9.84. The van der Waals surface area contributed by atoms with E-state index >= 15 is 0 Å². The summed E-state index contributed by atoms with van der Waals surface area (Å²) in [5.41, 5.74) is 0. The average molecular weight is 327 g/mol. The Kier molecular flexibility index (Phi) is 1110. The highest BCUT2D eigenvalue weighted by atomic mass is 16.5. The Bertz CT molecular complexity index is 70.1. The highest BCUT2D eigenvalue weighted by Crippen LogP contribution is 1.67. The summed E-state index contributed by atoms with van der Waals surface area (Å²) >= 11 is 0. The van der Waals surface area contributed by atoms with Crippen LogP contribution in [-0.2, 0) is 9.53 Å². The SMILES string of the molecule is C=CC(=O)OC.CC.CC.CC.CC.CC.CC.CC.CC. The zero-order valence-electron chi connectivity index (χ0n) is 19.6. The Hall–Kier alpha value is -0.790. The number of carbonyl (C=O) groups is 1. The zero-order chi connectivity index (χ0) is 21.0. The number of hydrogen-bond acceptors (Lipinski definition) is 2. The molecule has 0 N–H and O–H groups in total. The first-order valence-corrected chi connectivity index (χ1v) is 9.51. The van der Waals surface area contributed by atoms with Crippen molar-refractivity contribution in [1.82, 2.24) is 0 Å². The minimum Gasteiger partial charge on any atom is -0.466 e. The monoisotopic (exact) mass is 326 g/mol. The predicted molar refractivity (Wildman–Crippen MR) is 113 cm³/mol. The second kappa shape index (κ2) is 421. The minimum atomic E-state index is -0.394. The summed E-state index contributed by atoms with van der Waals surface area (Å²) in [6.07, 6.45) is 1.11. The zero-order valence-corrected chi connectivity index (χ0v) is 19.6. The maximum atomic E-state index is 9.84. The highest BCUT2D eigenvalue weighted by molar-refractivity contribution is 5.80. The number of carbonyl (C=O) groups excluding carboxylic acids is 1.